The van der Waals surface area contributed by atoms with Crippen molar-refractivity contribution in [1.82, 2.24) is 10.3 Å². The number of hydrogen-bond acceptors (Lipinski definition) is 5. The molecule has 3 N–H and O–H groups in total. The van der Waals surface area contributed by atoms with Gasteiger partial charge in [0.15, 0.2) is 0 Å². The third-order valence-electron chi connectivity index (χ3n) is 4.41. The average molecular weight is 459 g/mol. The molecule has 0 saturated carbocycles. The highest BCUT2D eigenvalue weighted by atomic mass is 19.4. The van der Waals surface area contributed by atoms with Gasteiger partial charge in [0, 0.05) is 30.2 Å². The van der Waals surface area contributed by atoms with Gasteiger partial charge in [0.05, 0.1) is 11.1 Å². The molecule has 1 unspecified atom stereocenters. The summed E-state index contributed by atoms with van der Waals surface area (Å²) in [4.78, 5) is 28.5. The Balaban J connectivity index is 1.50. The predicted octanol–water partition coefficient (Wildman–Crippen LogP) is 3.52. The van der Waals surface area contributed by atoms with Gasteiger partial charge < -0.3 is 20.5 Å². The Kier molecular flexibility index (Phi) is 7.62. The fourth-order valence-electron chi connectivity index (χ4n) is 2.76. The number of benzene rings is 2. The Morgan fingerprint density at radius 1 is 1.00 bits per heavy atom. The minimum absolute atomic E-state index is 0.0488. The molecular weight excluding hydrogens is 439 g/mol. The zero-order chi connectivity index (χ0) is 23.8. The molecule has 0 saturated heterocycles. The lowest BCUT2D eigenvalue weighted by Crippen LogP contribution is -2.35. The summed E-state index contributed by atoms with van der Waals surface area (Å²) in [7, 11) is 0. The van der Waals surface area contributed by atoms with Gasteiger partial charge in [-0.05, 0) is 48.5 Å². The highest BCUT2D eigenvalue weighted by Crippen LogP contribution is 2.31. The van der Waals surface area contributed by atoms with Gasteiger partial charge in [-0.25, -0.2) is 0 Å². The maximum absolute atomic E-state index is 12.7. The highest BCUT2D eigenvalue weighted by molar-refractivity contribution is 6.04. The molecule has 0 aliphatic heterocycles. The van der Waals surface area contributed by atoms with Gasteiger partial charge in [-0.1, -0.05) is 12.1 Å². The summed E-state index contributed by atoms with van der Waals surface area (Å²) in [5, 5.41) is 15.2. The number of carbonyl (C=O) groups is 2. The number of nitrogens with zero attached hydrogens (tertiary/aromatic N) is 1. The monoisotopic (exact) mass is 459 g/mol. The van der Waals surface area contributed by atoms with Gasteiger partial charge in [-0.2, -0.15) is 13.2 Å². The molecule has 2 amide bonds. The number of aliphatic hydroxyl groups is 1. The topological polar surface area (TPSA) is 101 Å². The van der Waals surface area contributed by atoms with Gasteiger partial charge in [0.2, 0.25) is 0 Å². The van der Waals surface area contributed by atoms with E-state index in [0.717, 1.165) is 12.1 Å². The normalized spacial score (nSPS) is 12.0. The van der Waals surface area contributed by atoms with E-state index in [-0.39, 0.29) is 30.4 Å². The molecule has 1 atom stereocenters. The maximum atomic E-state index is 12.7. The summed E-state index contributed by atoms with van der Waals surface area (Å²) in [6.45, 7) is -0.507. The number of hydrogen-bond donors (Lipinski definition) is 3. The van der Waals surface area contributed by atoms with Crippen LogP contribution < -0.4 is 15.4 Å². The number of ether oxygens (including phenoxy) is 1. The molecule has 172 valence electrons. The van der Waals surface area contributed by atoms with E-state index in [0.29, 0.717) is 11.3 Å². The van der Waals surface area contributed by atoms with Crippen LogP contribution in [0.15, 0.2) is 73.1 Å². The summed E-state index contributed by atoms with van der Waals surface area (Å²) < 4.78 is 43.4. The van der Waals surface area contributed by atoms with Crippen LogP contribution in [0.5, 0.6) is 5.75 Å². The van der Waals surface area contributed by atoms with Crippen LogP contribution >= 0.6 is 0 Å². The Hall–Kier alpha value is -3.92. The lowest BCUT2D eigenvalue weighted by Gasteiger charge is -2.15. The van der Waals surface area contributed by atoms with Crippen molar-refractivity contribution < 1.29 is 32.6 Å². The van der Waals surface area contributed by atoms with Crippen LogP contribution in [0.3, 0.4) is 0 Å². The first kappa shape index (κ1) is 23.7. The fraction of sp³-hybridized carbons (Fsp3) is 0.174. The highest BCUT2D eigenvalue weighted by Gasteiger charge is 2.30. The zero-order valence-corrected chi connectivity index (χ0v) is 17.2. The van der Waals surface area contributed by atoms with Crippen molar-refractivity contribution >= 4 is 17.5 Å². The number of anilines is 1. The van der Waals surface area contributed by atoms with Crippen LogP contribution in [0.25, 0.3) is 0 Å². The van der Waals surface area contributed by atoms with Crippen molar-refractivity contribution in [3.05, 3.63) is 89.7 Å². The molecule has 0 bridgehead atoms. The van der Waals surface area contributed by atoms with E-state index in [2.05, 4.69) is 15.6 Å². The molecule has 7 nitrogen and oxygen atoms in total. The summed E-state index contributed by atoms with van der Waals surface area (Å²) in [6.07, 6.45) is -2.70. The molecule has 33 heavy (non-hydrogen) atoms. The van der Waals surface area contributed by atoms with E-state index in [1.54, 1.807) is 30.5 Å². The molecule has 0 aliphatic rings. The average Bonchev–Trinajstić information content (AvgIpc) is 2.81. The molecular formula is C23H20F3N3O4. The Bertz CT molecular complexity index is 1110. The summed E-state index contributed by atoms with van der Waals surface area (Å²) in [6, 6.07) is 13.7. The van der Waals surface area contributed by atoms with Crippen molar-refractivity contribution in [2.45, 2.75) is 12.3 Å². The minimum atomic E-state index is -4.50. The first-order valence-corrected chi connectivity index (χ1v) is 9.80. The van der Waals surface area contributed by atoms with E-state index < -0.39 is 23.8 Å². The number of carbonyl (C=O) groups excluding carboxylic acids is 2. The number of nitrogens with one attached hydrogen (secondary N) is 2. The minimum Gasteiger partial charge on any atom is -0.491 e. The van der Waals surface area contributed by atoms with Gasteiger partial charge in [-0.15, -0.1) is 0 Å². The van der Waals surface area contributed by atoms with Crippen molar-refractivity contribution in [3.63, 3.8) is 0 Å². The van der Waals surface area contributed by atoms with Crippen LogP contribution in [0, 0.1) is 0 Å². The van der Waals surface area contributed by atoms with Gasteiger partial charge in [0.1, 0.15) is 18.5 Å². The van der Waals surface area contributed by atoms with Crippen LogP contribution in [-0.2, 0) is 6.18 Å². The van der Waals surface area contributed by atoms with Crippen molar-refractivity contribution in [2.24, 2.45) is 0 Å². The van der Waals surface area contributed by atoms with E-state index in [1.165, 1.54) is 30.5 Å². The summed E-state index contributed by atoms with van der Waals surface area (Å²) >= 11 is 0. The van der Waals surface area contributed by atoms with Gasteiger partial charge in [0.25, 0.3) is 11.8 Å². The Morgan fingerprint density at radius 3 is 2.48 bits per heavy atom. The number of pyridine rings is 1. The molecule has 0 fully saturated rings. The maximum Gasteiger partial charge on any atom is 0.416 e. The smallest absolute Gasteiger partial charge is 0.416 e. The standard InChI is InChI=1S/C23H20F3N3O4/c24-23(25,26)17-6-2-8-20(11-17)33-14-19(30)13-28-21(31)15-4-1-7-18(10-15)29-22(32)16-5-3-9-27-12-16/h1-12,19,30H,13-14H2,(H,28,31)(H,29,32). The molecule has 1 aromatic heterocycles. The van der Waals surface area contributed by atoms with Crippen LogP contribution in [0.4, 0.5) is 18.9 Å². The molecule has 0 spiro atoms. The molecule has 1 heterocycles. The van der Waals surface area contributed by atoms with Crippen LogP contribution in [-0.4, -0.2) is 41.2 Å². The summed E-state index contributed by atoms with van der Waals surface area (Å²) in [5.74, 6) is -0.944. The van der Waals surface area contributed by atoms with Gasteiger partial charge in [-0.3, -0.25) is 14.6 Å². The SMILES string of the molecule is O=C(NCC(O)COc1cccc(C(F)(F)F)c1)c1cccc(NC(=O)c2cccnc2)c1. The second-order valence-electron chi connectivity index (χ2n) is 6.98. The Labute approximate surface area is 187 Å². The quantitative estimate of drug-likeness (QED) is 0.479. The first-order chi connectivity index (χ1) is 15.7. The number of halogens is 3. The molecule has 3 rings (SSSR count). The number of aliphatic hydroxyl groups excluding tert-OH is 1. The lowest BCUT2D eigenvalue weighted by molar-refractivity contribution is -0.137. The molecule has 2 aromatic carbocycles. The zero-order valence-electron chi connectivity index (χ0n) is 17.2. The summed E-state index contributed by atoms with van der Waals surface area (Å²) in [5.41, 5.74) is 0.129. The van der Waals surface area contributed by atoms with Crippen molar-refractivity contribution in [2.75, 3.05) is 18.5 Å². The fourth-order valence-corrected chi connectivity index (χ4v) is 2.76. The third kappa shape index (κ3) is 7.04. The first-order valence-electron chi connectivity index (χ1n) is 9.80. The number of rotatable bonds is 8. The second kappa shape index (κ2) is 10.6. The lowest BCUT2D eigenvalue weighted by atomic mass is 10.1. The van der Waals surface area contributed by atoms with E-state index in [4.69, 9.17) is 4.74 Å². The number of amides is 2. The van der Waals surface area contributed by atoms with Crippen LogP contribution in [0.1, 0.15) is 26.3 Å². The van der Waals surface area contributed by atoms with E-state index >= 15 is 0 Å². The molecule has 3 aromatic rings. The van der Waals surface area contributed by atoms with Crippen molar-refractivity contribution in [1.29, 1.82) is 0 Å². The predicted molar refractivity (Wildman–Crippen MR) is 114 cm³/mol. The molecule has 0 radical (unpaired) electrons. The Morgan fingerprint density at radius 2 is 1.76 bits per heavy atom. The van der Waals surface area contributed by atoms with Crippen LogP contribution in [0.2, 0.25) is 0 Å². The van der Waals surface area contributed by atoms with E-state index in [9.17, 15) is 27.9 Å². The molecule has 10 heteroatoms. The van der Waals surface area contributed by atoms with Gasteiger partial charge >= 0.3 is 6.18 Å². The number of aromatic nitrogens is 1. The number of alkyl halides is 3. The second-order valence-corrected chi connectivity index (χ2v) is 6.98. The largest absolute Gasteiger partial charge is 0.491 e. The van der Waals surface area contributed by atoms with Crippen molar-refractivity contribution in [3.8, 4) is 5.75 Å². The molecule has 0 aliphatic carbocycles. The van der Waals surface area contributed by atoms with E-state index in [1.807, 2.05) is 0 Å². The third-order valence-corrected chi connectivity index (χ3v) is 4.41.